The Bertz CT molecular complexity index is 103. The maximum atomic E-state index is 10.6. The Kier molecular flexibility index (Phi) is 9.18. The van der Waals surface area contributed by atoms with E-state index in [-0.39, 0.29) is 18.4 Å². The molecule has 0 bridgehead atoms. The lowest BCUT2D eigenvalue weighted by Crippen LogP contribution is -2.36. The first-order chi connectivity index (χ1) is 4.72. The molecule has 0 aromatic carbocycles. The largest absolute Gasteiger partial charge is 0.351 e. The van der Waals surface area contributed by atoms with Crippen LogP contribution in [0.15, 0.2) is 0 Å². The first-order valence-corrected chi connectivity index (χ1v) is 3.76. The van der Waals surface area contributed by atoms with Crippen LogP contribution in [0.25, 0.3) is 0 Å². The molecule has 11 heavy (non-hydrogen) atoms. The fourth-order valence-corrected chi connectivity index (χ4v) is 0.872. The highest BCUT2D eigenvalue weighted by Gasteiger charge is 2.04. The number of primary amides is 1. The van der Waals surface area contributed by atoms with Crippen molar-refractivity contribution in [2.24, 2.45) is 5.73 Å². The Morgan fingerprint density at radius 3 is 1.82 bits per heavy atom. The third-order valence-electron chi connectivity index (χ3n) is 1.30. The summed E-state index contributed by atoms with van der Waals surface area (Å²) in [5.74, 6) is 0. The smallest absolute Gasteiger partial charge is 0.314 e. The van der Waals surface area contributed by atoms with Crippen molar-refractivity contribution in [2.45, 2.75) is 26.7 Å². The molecule has 0 atom stereocenters. The highest BCUT2D eigenvalue weighted by atomic mass is 35.5. The summed E-state index contributed by atoms with van der Waals surface area (Å²) in [7, 11) is 0. The van der Waals surface area contributed by atoms with Gasteiger partial charge in [-0.15, -0.1) is 12.4 Å². The summed E-state index contributed by atoms with van der Waals surface area (Å²) < 4.78 is 0. The van der Waals surface area contributed by atoms with Gasteiger partial charge in [-0.1, -0.05) is 13.8 Å². The number of nitrogens with zero attached hydrogens (tertiary/aromatic N) is 1. The van der Waals surface area contributed by atoms with Crippen LogP contribution < -0.4 is 5.73 Å². The minimum atomic E-state index is -0.302. The van der Waals surface area contributed by atoms with Gasteiger partial charge in [-0.3, -0.25) is 0 Å². The van der Waals surface area contributed by atoms with Crippen molar-refractivity contribution >= 4 is 18.4 Å². The molecule has 2 amide bonds. The molecule has 0 spiro atoms. The third kappa shape index (κ3) is 5.98. The van der Waals surface area contributed by atoms with Crippen LogP contribution in [-0.4, -0.2) is 24.0 Å². The Balaban J connectivity index is 0. The van der Waals surface area contributed by atoms with E-state index in [0.29, 0.717) is 0 Å². The maximum absolute atomic E-state index is 10.6. The average Bonchev–Trinajstić information content (AvgIpc) is 1.87. The number of hydrogen-bond donors (Lipinski definition) is 1. The van der Waals surface area contributed by atoms with E-state index in [2.05, 4.69) is 0 Å². The van der Waals surface area contributed by atoms with Gasteiger partial charge >= 0.3 is 6.03 Å². The molecule has 0 aliphatic carbocycles. The van der Waals surface area contributed by atoms with Gasteiger partial charge in [-0.2, -0.15) is 0 Å². The second-order valence-electron chi connectivity index (χ2n) is 2.33. The molecule has 0 rings (SSSR count). The van der Waals surface area contributed by atoms with Crippen LogP contribution in [0, 0.1) is 0 Å². The summed E-state index contributed by atoms with van der Waals surface area (Å²) in [4.78, 5) is 12.3. The predicted molar refractivity (Wildman–Crippen MR) is 49.0 cm³/mol. The fourth-order valence-electron chi connectivity index (χ4n) is 0.872. The Hall–Kier alpha value is -0.440. The van der Waals surface area contributed by atoms with Crippen molar-refractivity contribution < 1.29 is 4.79 Å². The molecule has 0 aromatic rings. The molecule has 3 nitrogen and oxygen atoms in total. The van der Waals surface area contributed by atoms with Crippen molar-refractivity contribution in [1.82, 2.24) is 4.90 Å². The first kappa shape index (κ1) is 13.2. The molecule has 0 aliphatic heterocycles. The van der Waals surface area contributed by atoms with Crippen LogP contribution in [0.1, 0.15) is 26.7 Å². The van der Waals surface area contributed by atoms with Crippen LogP contribution in [0.5, 0.6) is 0 Å². The van der Waals surface area contributed by atoms with Crippen molar-refractivity contribution in [3.05, 3.63) is 0 Å². The van der Waals surface area contributed by atoms with E-state index >= 15 is 0 Å². The van der Waals surface area contributed by atoms with Crippen LogP contribution in [-0.2, 0) is 0 Å². The Morgan fingerprint density at radius 2 is 1.64 bits per heavy atom. The van der Waals surface area contributed by atoms with Crippen molar-refractivity contribution in [3.63, 3.8) is 0 Å². The number of amides is 2. The number of hydrogen-bond acceptors (Lipinski definition) is 1. The SMILES string of the molecule is CCCN(CCC)C(N)=O.Cl. The van der Waals surface area contributed by atoms with Gasteiger partial charge < -0.3 is 10.6 Å². The van der Waals surface area contributed by atoms with E-state index in [1.165, 1.54) is 0 Å². The van der Waals surface area contributed by atoms with Gasteiger partial charge in [0.2, 0.25) is 0 Å². The van der Waals surface area contributed by atoms with E-state index in [1.807, 2.05) is 13.8 Å². The molecule has 68 valence electrons. The second kappa shape index (κ2) is 7.66. The van der Waals surface area contributed by atoms with Crippen LogP contribution in [0.4, 0.5) is 4.79 Å². The number of carbonyl (C=O) groups is 1. The molecular formula is C7H17ClN2O. The van der Waals surface area contributed by atoms with E-state index < -0.39 is 0 Å². The molecule has 0 saturated heterocycles. The quantitative estimate of drug-likeness (QED) is 0.702. The summed E-state index contributed by atoms with van der Waals surface area (Å²) in [6.07, 6.45) is 1.95. The van der Waals surface area contributed by atoms with Crippen LogP contribution >= 0.6 is 12.4 Å². The van der Waals surface area contributed by atoms with Gasteiger partial charge in [0.25, 0.3) is 0 Å². The van der Waals surface area contributed by atoms with Gasteiger partial charge in [0.1, 0.15) is 0 Å². The van der Waals surface area contributed by atoms with E-state index in [0.717, 1.165) is 25.9 Å². The summed E-state index contributed by atoms with van der Waals surface area (Å²) in [6.45, 7) is 5.63. The number of urea groups is 1. The fraction of sp³-hybridized carbons (Fsp3) is 0.857. The topological polar surface area (TPSA) is 46.3 Å². The molecule has 4 heteroatoms. The molecule has 0 saturated carbocycles. The molecule has 0 aliphatic rings. The van der Waals surface area contributed by atoms with E-state index in [1.54, 1.807) is 4.90 Å². The van der Waals surface area contributed by atoms with Crippen molar-refractivity contribution in [3.8, 4) is 0 Å². The molecule has 2 N–H and O–H groups in total. The molecule has 0 heterocycles. The zero-order valence-corrected chi connectivity index (χ0v) is 7.99. The monoisotopic (exact) mass is 180 g/mol. The number of rotatable bonds is 4. The van der Waals surface area contributed by atoms with E-state index in [4.69, 9.17) is 5.73 Å². The van der Waals surface area contributed by atoms with Crippen LogP contribution in [0.3, 0.4) is 0 Å². The third-order valence-corrected chi connectivity index (χ3v) is 1.30. The van der Waals surface area contributed by atoms with Crippen molar-refractivity contribution in [2.75, 3.05) is 13.1 Å². The maximum Gasteiger partial charge on any atom is 0.314 e. The minimum absolute atomic E-state index is 0. The Morgan fingerprint density at radius 1 is 1.27 bits per heavy atom. The molecular weight excluding hydrogens is 164 g/mol. The summed E-state index contributed by atoms with van der Waals surface area (Å²) in [6, 6.07) is -0.302. The molecule has 0 unspecified atom stereocenters. The van der Waals surface area contributed by atoms with Crippen molar-refractivity contribution in [1.29, 1.82) is 0 Å². The zero-order chi connectivity index (χ0) is 7.98. The Labute approximate surface area is 74.3 Å². The zero-order valence-electron chi connectivity index (χ0n) is 7.17. The minimum Gasteiger partial charge on any atom is -0.351 e. The first-order valence-electron chi connectivity index (χ1n) is 3.76. The molecule has 0 fully saturated rings. The van der Waals surface area contributed by atoms with E-state index in [9.17, 15) is 4.79 Å². The van der Waals surface area contributed by atoms with Gasteiger partial charge in [0.15, 0.2) is 0 Å². The number of nitrogens with two attached hydrogens (primary N) is 1. The average molecular weight is 181 g/mol. The molecule has 0 aromatic heterocycles. The molecule has 0 radical (unpaired) electrons. The lowest BCUT2D eigenvalue weighted by molar-refractivity contribution is 0.207. The predicted octanol–water partition coefficient (Wildman–Crippen LogP) is 1.61. The van der Waals surface area contributed by atoms with Gasteiger partial charge in [0, 0.05) is 13.1 Å². The van der Waals surface area contributed by atoms with Gasteiger partial charge in [0.05, 0.1) is 0 Å². The lowest BCUT2D eigenvalue weighted by Gasteiger charge is -2.17. The second-order valence-corrected chi connectivity index (χ2v) is 2.33. The van der Waals surface area contributed by atoms with Gasteiger partial charge in [-0.25, -0.2) is 4.79 Å². The summed E-state index contributed by atoms with van der Waals surface area (Å²) >= 11 is 0. The summed E-state index contributed by atoms with van der Waals surface area (Å²) in [5.41, 5.74) is 5.10. The number of halogens is 1. The van der Waals surface area contributed by atoms with Crippen LogP contribution in [0.2, 0.25) is 0 Å². The van der Waals surface area contributed by atoms with Gasteiger partial charge in [-0.05, 0) is 12.8 Å². The highest BCUT2D eigenvalue weighted by molar-refractivity contribution is 5.85. The standard InChI is InChI=1S/C7H16N2O.ClH/c1-3-5-9(6-4-2)7(8)10;/h3-6H2,1-2H3,(H2,8,10);1H. The number of carbonyl (C=O) groups excluding carboxylic acids is 1. The summed E-state index contributed by atoms with van der Waals surface area (Å²) in [5, 5.41) is 0. The lowest BCUT2D eigenvalue weighted by atomic mass is 10.4. The highest BCUT2D eigenvalue weighted by Crippen LogP contribution is 1.92. The normalized spacial score (nSPS) is 8.55.